The third kappa shape index (κ3) is 4.26. The minimum absolute atomic E-state index is 0.198. The highest BCUT2D eigenvalue weighted by Crippen LogP contribution is 2.31. The third-order valence-corrected chi connectivity index (χ3v) is 4.85. The van der Waals surface area contributed by atoms with Gasteiger partial charge < -0.3 is 15.5 Å². The lowest BCUT2D eigenvalue weighted by atomic mass is 10.1. The van der Waals surface area contributed by atoms with Crippen molar-refractivity contribution in [2.24, 2.45) is 0 Å². The summed E-state index contributed by atoms with van der Waals surface area (Å²) in [5, 5.41) is 7.01. The molecule has 136 valence electrons. The van der Waals surface area contributed by atoms with Crippen LogP contribution in [0.5, 0.6) is 0 Å². The highest BCUT2D eigenvalue weighted by Gasteiger charge is 2.19. The zero-order valence-corrected chi connectivity index (χ0v) is 15.6. The van der Waals surface area contributed by atoms with Crippen LogP contribution in [0.3, 0.4) is 0 Å². The molecule has 0 spiro atoms. The second-order valence-electron chi connectivity index (χ2n) is 6.59. The maximum absolute atomic E-state index is 13.1. The zero-order valence-electron chi connectivity index (χ0n) is 14.8. The number of para-hydroxylation sites is 1. The molecule has 0 radical (unpaired) electrons. The van der Waals surface area contributed by atoms with Gasteiger partial charge >= 0.3 is 0 Å². The maximum Gasteiger partial charge on any atom is 0.175 e. The molecule has 0 bridgehead atoms. The average Bonchev–Trinajstić information content (AvgIpc) is 3.06. The summed E-state index contributed by atoms with van der Waals surface area (Å²) in [6.45, 7) is 1.75. The van der Waals surface area contributed by atoms with Gasteiger partial charge in [0.25, 0.3) is 0 Å². The van der Waals surface area contributed by atoms with E-state index in [4.69, 9.17) is 12.2 Å². The van der Waals surface area contributed by atoms with E-state index >= 15 is 0 Å². The number of nitrogens with zero attached hydrogens (tertiary/aromatic N) is 1. The van der Waals surface area contributed by atoms with Crippen LogP contribution in [0.4, 0.5) is 21.5 Å². The normalized spacial score (nSPS) is 12.6. The van der Waals surface area contributed by atoms with Crippen molar-refractivity contribution >= 4 is 34.4 Å². The second kappa shape index (κ2) is 7.76. The summed E-state index contributed by atoms with van der Waals surface area (Å²) in [5.74, 6) is -0.198. The molecule has 0 aromatic heterocycles. The molecule has 0 unspecified atom stereocenters. The van der Waals surface area contributed by atoms with Crippen LogP contribution in [-0.4, -0.2) is 11.7 Å². The van der Waals surface area contributed by atoms with Crippen LogP contribution in [0.2, 0.25) is 0 Å². The molecule has 1 heterocycles. The zero-order chi connectivity index (χ0) is 18.6. The number of fused-ring (bicyclic) bond motifs is 1. The molecule has 0 saturated heterocycles. The summed E-state index contributed by atoms with van der Waals surface area (Å²) >= 11 is 5.40. The van der Waals surface area contributed by atoms with Gasteiger partial charge in [-0.15, -0.1) is 0 Å². The van der Waals surface area contributed by atoms with Crippen molar-refractivity contribution in [3.8, 4) is 0 Å². The lowest BCUT2D eigenvalue weighted by molar-refractivity contribution is 0.626. The lowest BCUT2D eigenvalue weighted by Gasteiger charge is -2.20. The standard InChI is InChI=1S/C22H20FN3S/c23-18-8-6-16(7-9-18)15-26-13-12-17-14-20(10-11-21(17)26)25-22(27)24-19-4-2-1-3-5-19/h1-11,14H,12-13,15H2,(H2,24,25,27). The van der Waals surface area contributed by atoms with Crippen molar-refractivity contribution < 1.29 is 4.39 Å². The van der Waals surface area contributed by atoms with Crippen molar-refractivity contribution in [3.63, 3.8) is 0 Å². The molecule has 3 nitrogen and oxygen atoms in total. The fourth-order valence-corrected chi connectivity index (χ4v) is 3.57. The molecule has 0 amide bonds. The molecule has 0 atom stereocenters. The van der Waals surface area contributed by atoms with E-state index in [-0.39, 0.29) is 5.82 Å². The predicted molar refractivity (Wildman–Crippen MR) is 114 cm³/mol. The topological polar surface area (TPSA) is 27.3 Å². The van der Waals surface area contributed by atoms with Gasteiger partial charge in [0.1, 0.15) is 5.82 Å². The Hall–Kier alpha value is -2.92. The molecule has 3 aromatic carbocycles. The number of halogens is 1. The van der Waals surface area contributed by atoms with Gasteiger partial charge in [0.15, 0.2) is 5.11 Å². The lowest BCUT2D eigenvalue weighted by Crippen LogP contribution is -2.20. The SMILES string of the molecule is Fc1ccc(CN2CCc3cc(NC(=S)Nc4ccccc4)ccc32)cc1. The number of hydrogen-bond donors (Lipinski definition) is 2. The van der Waals surface area contributed by atoms with E-state index < -0.39 is 0 Å². The fourth-order valence-electron chi connectivity index (χ4n) is 3.34. The monoisotopic (exact) mass is 377 g/mol. The average molecular weight is 377 g/mol. The predicted octanol–water partition coefficient (Wildman–Crippen LogP) is 5.20. The summed E-state index contributed by atoms with van der Waals surface area (Å²) in [5.41, 5.74) is 5.57. The number of anilines is 3. The first-order valence-electron chi connectivity index (χ1n) is 8.93. The number of benzene rings is 3. The van der Waals surface area contributed by atoms with Crippen molar-refractivity contribution in [2.75, 3.05) is 22.1 Å². The Morgan fingerprint density at radius 1 is 0.926 bits per heavy atom. The van der Waals surface area contributed by atoms with Crippen molar-refractivity contribution in [1.82, 2.24) is 0 Å². The Morgan fingerprint density at radius 3 is 2.44 bits per heavy atom. The van der Waals surface area contributed by atoms with Gasteiger partial charge in [0, 0.05) is 30.2 Å². The van der Waals surface area contributed by atoms with E-state index in [0.717, 1.165) is 36.4 Å². The van der Waals surface area contributed by atoms with Crippen LogP contribution in [0.25, 0.3) is 0 Å². The summed E-state index contributed by atoms with van der Waals surface area (Å²) in [7, 11) is 0. The summed E-state index contributed by atoms with van der Waals surface area (Å²) < 4.78 is 13.1. The molecule has 2 N–H and O–H groups in total. The Kier molecular flexibility index (Phi) is 5.03. The Morgan fingerprint density at radius 2 is 1.67 bits per heavy atom. The molecular formula is C22H20FN3S. The van der Waals surface area contributed by atoms with E-state index in [1.54, 1.807) is 0 Å². The van der Waals surface area contributed by atoms with Crippen LogP contribution in [-0.2, 0) is 13.0 Å². The van der Waals surface area contributed by atoms with Crippen molar-refractivity contribution in [2.45, 2.75) is 13.0 Å². The van der Waals surface area contributed by atoms with Crippen molar-refractivity contribution in [1.29, 1.82) is 0 Å². The summed E-state index contributed by atoms with van der Waals surface area (Å²) in [4.78, 5) is 2.33. The molecule has 0 aliphatic carbocycles. The van der Waals surface area contributed by atoms with Gasteiger partial charge in [-0.3, -0.25) is 0 Å². The number of rotatable bonds is 4. The Labute approximate surface area is 163 Å². The first-order valence-corrected chi connectivity index (χ1v) is 9.33. The van der Waals surface area contributed by atoms with Gasteiger partial charge in [0.05, 0.1) is 0 Å². The van der Waals surface area contributed by atoms with Gasteiger partial charge in [-0.2, -0.15) is 0 Å². The molecule has 0 fully saturated rings. The summed E-state index contributed by atoms with van der Waals surface area (Å²) in [6.07, 6.45) is 0.991. The maximum atomic E-state index is 13.1. The number of nitrogens with one attached hydrogen (secondary N) is 2. The first-order chi connectivity index (χ1) is 13.2. The van der Waals surface area contributed by atoms with Crippen molar-refractivity contribution in [3.05, 3.63) is 89.7 Å². The van der Waals surface area contributed by atoms with Gasteiger partial charge in [-0.1, -0.05) is 30.3 Å². The van der Waals surface area contributed by atoms with Crippen LogP contribution in [0.15, 0.2) is 72.8 Å². The van der Waals surface area contributed by atoms with E-state index in [1.165, 1.54) is 23.4 Å². The highest BCUT2D eigenvalue weighted by atomic mass is 32.1. The molecule has 0 saturated carbocycles. The minimum Gasteiger partial charge on any atom is -0.367 e. The largest absolute Gasteiger partial charge is 0.367 e. The quantitative estimate of drug-likeness (QED) is 0.611. The van der Waals surface area contributed by atoms with Crippen LogP contribution in [0.1, 0.15) is 11.1 Å². The molecule has 1 aliphatic heterocycles. The van der Waals surface area contributed by atoms with Gasteiger partial charge in [0.2, 0.25) is 0 Å². The van der Waals surface area contributed by atoms with E-state index in [0.29, 0.717) is 5.11 Å². The number of hydrogen-bond acceptors (Lipinski definition) is 2. The summed E-state index contributed by atoms with van der Waals surface area (Å²) in [6, 6.07) is 22.9. The Bertz CT molecular complexity index is 942. The first kappa shape index (κ1) is 17.5. The van der Waals surface area contributed by atoms with E-state index in [9.17, 15) is 4.39 Å². The van der Waals surface area contributed by atoms with Crippen LogP contribution < -0.4 is 15.5 Å². The second-order valence-corrected chi connectivity index (χ2v) is 6.99. The number of thiocarbonyl (C=S) groups is 1. The van der Waals surface area contributed by atoms with Gasteiger partial charge in [-0.05, 0) is 72.2 Å². The third-order valence-electron chi connectivity index (χ3n) is 4.65. The highest BCUT2D eigenvalue weighted by molar-refractivity contribution is 7.80. The molecule has 27 heavy (non-hydrogen) atoms. The van der Waals surface area contributed by atoms with Crippen LogP contribution in [0, 0.1) is 5.82 Å². The van der Waals surface area contributed by atoms with Gasteiger partial charge in [-0.25, -0.2) is 4.39 Å². The fraction of sp³-hybridized carbons (Fsp3) is 0.136. The van der Waals surface area contributed by atoms with E-state index in [1.807, 2.05) is 48.5 Å². The molecule has 5 heteroatoms. The van der Waals surface area contributed by atoms with E-state index in [2.05, 4.69) is 27.7 Å². The molecular weight excluding hydrogens is 357 g/mol. The smallest absolute Gasteiger partial charge is 0.175 e. The Balaban J connectivity index is 1.42. The minimum atomic E-state index is -0.198. The molecule has 4 rings (SSSR count). The van der Waals surface area contributed by atoms with Crippen LogP contribution >= 0.6 is 12.2 Å². The molecule has 1 aliphatic rings. The molecule has 3 aromatic rings.